The third-order valence-electron chi connectivity index (χ3n) is 2.10. The Labute approximate surface area is 89.0 Å². The molecule has 2 aromatic rings. The number of anilines is 2. The van der Waals surface area contributed by atoms with Crippen LogP contribution in [0, 0.1) is 0 Å². The lowest BCUT2D eigenvalue weighted by atomic mass is 10.2. The number of nitrogens with zero attached hydrogens (tertiary/aromatic N) is 1. The second-order valence-electron chi connectivity index (χ2n) is 3.24. The van der Waals surface area contributed by atoms with Crippen molar-refractivity contribution in [3.8, 4) is 0 Å². The highest BCUT2D eigenvalue weighted by Crippen LogP contribution is 2.15. The summed E-state index contributed by atoms with van der Waals surface area (Å²) in [5.74, 6) is 0.840. The molecule has 3 N–H and O–H groups in total. The van der Waals surface area contributed by atoms with Crippen molar-refractivity contribution in [3.05, 3.63) is 54.2 Å². The molecule has 0 amide bonds. The van der Waals surface area contributed by atoms with Crippen molar-refractivity contribution in [2.45, 2.75) is 6.54 Å². The van der Waals surface area contributed by atoms with E-state index in [1.165, 1.54) is 0 Å². The van der Waals surface area contributed by atoms with Gasteiger partial charge in [0, 0.05) is 18.4 Å². The predicted molar refractivity (Wildman–Crippen MR) is 61.9 cm³/mol. The van der Waals surface area contributed by atoms with Gasteiger partial charge in [-0.3, -0.25) is 0 Å². The summed E-state index contributed by atoms with van der Waals surface area (Å²) in [6.45, 7) is 0.553. The zero-order valence-corrected chi connectivity index (χ0v) is 8.35. The molecule has 0 spiro atoms. The molecule has 0 saturated carbocycles. The second kappa shape index (κ2) is 4.57. The maximum Gasteiger partial charge on any atom is 0.130 e. The summed E-state index contributed by atoms with van der Waals surface area (Å²) in [5, 5.41) is 3.21. The number of hydrogen-bond acceptors (Lipinski definition) is 3. The SMILES string of the molecule is NCc1cccc(Nc2ccccn2)c1. The van der Waals surface area contributed by atoms with E-state index in [0.29, 0.717) is 6.54 Å². The van der Waals surface area contributed by atoms with Crippen LogP contribution in [0.15, 0.2) is 48.7 Å². The first-order chi connectivity index (χ1) is 7.38. The molecule has 0 fully saturated rings. The van der Waals surface area contributed by atoms with Gasteiger partial charge in [0.25, 0.3) is 0 Å². The van der Waals surface area contributed by atoms with E-state index in [9.17, 15) is 0 Å². The van der Waals surface area contributed by atoms with Crippen molar-refractivity contribution in [1.29, 1.82) is 0 Å². The van der Waals surface area contributed by atoms with E-state index >= 15 is 0 Å². The fourth-order valence-electron chi connectivity index (χ4n) is 1.36. The van der Waals surface area contributed by atoms with E-state index < -0.39 is 0 Å². The van der Waals surface area contributed by atoms with Crippen LogP contribution in [0.3, 0.4) is 0 Å². The number of rotatable bonds is 3. The Morgan fingerprint density at radius 2 is 2.07 bits per heavy atom. The lowest BCUT2D eigenvalue weighted by Gasteiger charge is -2.06. The predicted octanol–water partition coefficient (Wildman–Crippen LogP) is 2.28. The molecule has 0 unspecified atom stereocenters. The van der Waals surface area contributed by atoms with Gasteiger partial charge in [-0.2, -0.15) is 0 Å². The fourth-order valence-corrected chi connectivity index (χ4v) is 1.36. The summed E-state index contributed by atoms with van der Waals surface area (Å²) >= 11 is 0. The molecule has 0 aliphatic carbocycles. The van der Waals surface area contributed by atoms with Gasteiger partial charge in [0.15, 0.2) is 0 Å². The average Bonchev–Trinajstić information content (AvgIpc) is 2.31. The first kappa shape index (κ1) is 9.68. The Hall–Kier alpha value is -1.87. The van der Waals surface area contributed by atoms with Crippen LogP contribution in [-0.4, -0.2) is 4.98 Å². The van der Waals surface area contributed by atoms with Gasteiger partial charge in [-0.05, 0) is 29.8 Å². The van der Waals surface area contributed by atoms with Crippen molar-refractivity contribution < 1.29 is 0 Å². The van der Waals surface area contributed by atoms with Crippen LogP contribution < -0.4 is 11.1 Å². The fraction of sp³-hybridized carbons (Fsp3) is 0.0833. The highest BCUT2D eigenvalue weighted by Gasteiger charge is 1.95. The highest BCUT2D eigenvalue weighted by molar-refractivity contribution is 5.56. The third-order valence-corrected chi connectivity index (χ3v) is 2.10. The van der Waals surface area contributed by atoms with Crippen molar-refractivity contribution in [2.24, 2.45) is 5.73 Å². The number of nitrogens with two attached hydrogens (primary N) is 1. The van der Waals surface area contributed by atoms with Crippen LogP contribution in [-0.2, 0) is 6.54 Å². The molecule has 0 aliphatic rings. The molecule has 1 aromatic heterocycles. The monoisotopic (exact) mass is 199 g/mol. The van der Waals surface area contributed by atoms with Gasteiger partial charge in [-0.25, -0.2) is 4.98 Å². The molecule has 0 radical (unpaired) electrons. The van der Waals surface area contributed by atoms with Gasteiger partial charge in [0.1, 0.15) is 5.82 Å². The third kappa shape index (κ3) is 2.54. The van der Waals surface area contributed by atoms with Crippen LogP contribution in [0.25, 0.3) is 0 Å². The Morgan fingerprint density at radius 3 is 2.80 bits per heavy atom. The largest absolute Gasteiger partial charge is 0.340 e. The summed E-state index contributed by atoms with van der Waals surface area (Å²) in [4.78, 5) is 4.19. The number of pyridine rings is 1. The quantitative estimate of drug-likeness (QED) is 0.797. The first-order valence-corrected chi connectivity index (χ1v) is 4.85. The van der Waals surface area contributed by atoms with E-state index in [-0.39, 0.29) is 0 Å². The molecule has 15 heavy (non-hydrogen) atoms. The van der Waals surface area contributed by atoms with Gasteiger partial charge in [0.05, 0.1) is 0 Å². The van der Waals surface area contributed by atoms with Crippen LogP contribution in [0.5, 0.6) is 0 Å². The molecule has 0 atom stereocenters. The lowest BCUT2D eigenvalue weighted by molar-refractivity contribution is 1.07. The van der Waals surface area contributed by atoms with Crippen LogP contribution in [0.2, 0.25) is 0 Å². The molecule has 2 rings (SSSR count). The Kier molecular flexibility index (Phi) is 2.95. The minimum Gasteiger partial charge on any atom is -0.340 e. The van der Waals surface area contributed by atoms with Crippen molar-refractivity contribution in [3.63, 3.8) is 0 Å². The first-order valence-electron chi connectivity index (χ1n) is 4.85. The van der Waals surface area contributed by atoms with Crippen LogP contribution in [0.1, 0.15) is 5.56 Å². The molecule has 3 heteroatoms. The molecule has 1 heterocycles. The highest BCUT2D eigenvalue weighted by atomic mass is 15.0. The number of aromatic nitrogens is 1. The van der Waals surface area contributed by atoms with E-state index in [1.54, 1.807) is 6.20 Å². The van der Waals surface area contributed by atoms with E-state index in [0.717, 1.165) is 17.1 Å². The summed E-state index contributed by atoms with van der Waals surface area (Å²) in [6, 6.07) is 13.8. The summed E-state index contributed by atoms with van der Waals surface area (Å²) in [5.41, 5.74) is 7.69. The van der Waals surface area contributed by atoms with E-state index in [4.69, 9.17) is 5.73 Å². The average molecular weight is 199 g/mol. The molecule has 3 nitrogen and oxygen atoms in total. The smallest absolute Gasteiger partial charge is 0.130 e. The van der Waals surface area contributed by atoms with Gasteiger partial charge in [-0.15, -0.1) is 0 Å². The standard InChI is InChI=1S/C12H13N3/c13-9-10-4-3-5-11(8-10)15-12-6-1-2-7-14-12/h1-8H,9,13H2,(H,14,15). The van der Waals surface area contributed by atoms with Gasteiger partial charge < -0.3 is 11.1 Å². The lowest BCUT2D eigenvalue weighted by Crippen LogP contribution is -1.98. The van der Waals surface area contributed by atoms with Gasteiger partial charge in [0.2, 0.25) is 0 Å². The summed E-state index contributed by atoms with van der Waals surface area (Å²) in [7, 11) is 0. The number of benzene rings is 1. The maximum atomic E-state index is 5.57. The molecule has 76 valence electrons. The topological polar surface area (TPSA) is 50.9 Å². The maximum absolute atomic E-state index is 5.57. The molecule has 0 bridgehead atoms. The molecule has 0 saturated heterocycles. The molecule has 1 aromatic carbocycles. The number of nitrogens with one attached hydrogen (secondary N) is 1. The second-order valence-corrected chi connectivity index (χ2v) is 3.24. The Bertz CT molecular complexity index is 426. The zero-order chi connectivity index (χ0) is 10.5. The normalized spacial score (nSPS) is 9.93. The van der Waals surface area contributed by atoms with Crippen molar-refractivity contribution >= 4 is 11.5 Å². The van der Waals surface area contributed by atoms with Gasteiger partial charge >= 0.3 is 0 Å². The van der Waals surface area contributed by atoms with Crippen LogP contribution >= 0.6 is 0 Å². The molecular weight excluding hydrogens is 186 g/mol. The van der Waals surface area contributed by atoms with Crippen molar-refractivity contribution in [1.82, 2.24) is 4.98 Å². The molecular formula is C12H13N3. The Morgan fingerprint density at radius 1 is 1.13 bits per heavy atom. The van der Waals surface area contributed by atoms with Gasteiger partial charge in [-0.1, -0.05) is 18.2 Å². The van der Waals surface area contributed by atoms with Crippen LogP contribution in [0.4, 0.5) is 11.5 Å². The molecule has 0 aliphatic heterocycles. The van der Waals surface area contributed by atoms with E-state index in [1.807, 2.05) is 42.5 Å². The Balaban J connectivity index is 2.17. The minimum atomic E-state index is 0.553. The summed E-state index contributed by atoms with van der Waals surface area (Å²) < 4.78 is 0. The van der Waals surface area contributed by atoms with Crippen molar-refractivity contribution in [2.75, 3.05) is 5.32 Å². The summed E-state index contributed by atoms with van der Waals surface area (Å²) in [6.07, 6.45) is 1.76. The zero-order valence-electron chi connectivity index (χ0n) is 8.35. The van der Waals surface area contributed by atoms with E-state index in [2.05, 4.69) is 10.3 Å². The number of hydrogen-bond donors (Lipinski definition) is 2. The minimum absolute atomic E-state index is 0.553.